The summed E-state index contributed by atoms with van der Waals surface area (Å²) in [5.41, 5.74) is 0.885. The predicted molar refractivity (Wildman–Crippen MR) is 105 cm³/mol. The number of nitrogens with zero attached hydrogens (tertiary/aromatic N) is 3. The topological polar surface area (TPSA) is 79.4 Å². The third-order valence-electron chi connectivity index (χ3n) is 5.12. The van der Waals surface area contributed by atoms with E-state index in [0.717, 1.165) is 11.3 Å². The number of carbonyl (C=O) groups excluding carboxylic acids is 1. The second-order valence-electron chi connectivity index (χ2n) is 7.39. The van der Waals surface area contributed by atoms with Crippen molar-refractivity contribution >= 4 is 16.1 Å². The second kappa shape index (κ2) is 8.77. The first kappa shape index (κ1) is 21.0. The summed E-state index contributed by atoms with van der Waals surface area (Å²) in [4.78, 5) is 14.3. The van der Waals surface area contributed by atoms with Crippen LogP contribution in [0.1, 0.15) is 19.4 Å². The molecule has 1 aromatic carbocycles. The maximum Gasteiger partial charge on any atom is 0.282 e. The van der Waals surface area contributed by atoms with E-state index in [9.17, 15) is 13.2 Å². The minimum absolute atomic E-state index is 0.00100. The van der Waals surface area contributed by atoms with E-state index in [0.29, 0.717) is 39.3 Å². The van der Waals surface area contributed by atoms with Gasteiger partial charge in [0.2, 0.25) is 5.91 Å². The van der Waals surface area contributed by atoms with Gasteiger partial charge < -0.3 is 14.4 Å². The van der Waals surface area contributed by atoms with Gasteiger partial charge in [-0.1, -0.05) is 12.1 Å². The lowest BCUT2D eigenvalue weighted by atomic mass is 10.1. The van der Waals surface area contributed by atoms with E-state index in [1.807, 2.05) is 38.1 Å². The molecule has 2 aliphatic heterocycles. The first-order chi connectivity index (χ1) is 13.3. The van der Waals surface area contributed by atoms with Crippen LogP contribution in [0.4, 0.5) is 0 Å². The number of hydrogen-bond donors (Lipinski definition) is 0. The summed E-state index contributed by atoms with van der Waals surface area (Å²) in [6.07, 6.45) is 0.0381. The average molecular weight is 412 g/mol. The van der Waals surface area contributed by atoms with Gasteiger partial charge in [-0.2, -0.15) is 17.0 Å². The fourth-order valence-corrected chi connectivity index (χ4v) is 5.47. The molecule has 2 aliphatic rings. The molecule has 0 saturated carbocycles. The number of rotatable bonds is 5. The third-order valence-corrected chi connectivity index (χ3v) is 7.09. The molecule has 1 aromatic rings. The van der Waals surface area contributed by atoms with Crippen LogP contribution in [0.15, 0.2) is 24.3 Å². The van der Waals surface area contributed by atoms with Crippen LogP contribution in [0, 0.1) is 0 Å². The monoisotopic (exact) mass is 411 g/mol. The molecule has 0 unspecified atom stereocenters. The molecule has 2 heterocycles. The van der Waals surface area contributed by atoms with E-state index in [2.05, 4.69) is 0 Å². The minimum atomic E-state index is -3.54. The van der Waals surface area contributed by atoms with Gasteiger partial charge in [0.15, 0.2) is 0 Å². The highest BCUT2D eigenvalue weighted by Crippen LogP contribution is 2.19. The Morgan fingerprint density at radius 3 is 2.36 bits per heavy atom. The Labute approximate surface area is 167 Å². The summed E-state index contributed by atoms with van der Waals surface area (Å²) in [6, 6.07) is 7.43. The zero-order chi connectivity index (χ0) is 20.3. The predicted octanol–water partition coefficient (Wildman–Crippen LogP) is 0.736. The van der Waals surface area contributed by atoms with Crippen LogP contribution in [0.25, 0.3) is 0 Å². The quantitative estimate of drug-likeness (QED) is 0.714. The van der Waals surface area contributed by atoms with Crippen molar-refractivity contribution in [2.45, 2.75) is 32.5 Å². The number of hydrogen-bond acceptors (Lipinski definition) is 5. The van der Waals surface area contributed by atoms with Crippen LogP contribution in [0.5, 0.6) is 5.75 Å². The largest absolute Gasteiger partial charge is 0.497 e. The van der Waals surface area contributed by atoms with E-state index >= 15 is 0 Å². The van der Waals surface area contributed by atoms with E-state index < -0.39 is 10.2 Å². The molecule has 0 aromatic heterocycles. The average Bonchev–Trinajstić information content (AvgIpc) is 2.67. The van der Waals surface area contributed by atoms with Crippen molar-refractivity contribution in [3.8, 4) is 5.75 Å². The smallest absolute Gasteiger partial charge is 0.282 e. The van der Waals surface area contributed by atoms with Crippen molar-refractivity contribution in [1.29, 1.82) is 0 Å². The zero-order valence-corrected chi connectivity index (χ0v) is 17.5. The molecule has 28 heavy (non-hydrogen) atoms. The van der Waals surface area contributed by atoms with Crippen molar-refractivity contribution in [2.75, 3.05) is 46.4 Å². The number of methoxy groups -OCH3 is 1. The van der Waals surface area contributed by atoms with Gasteiger partial charge in [0, 0.05) is 39.3 Å². The second-order valence-corrected chi connectivity index (χ2v) is 9.32. The fourth-order valence-electron chi connectivity index (χ4n) is 3.72. The number of piperazine rings is 1. The molecule has 2 atom stereocenters. The Kier molecular flexibility index (Phi) is 6.59. The third kappa shape index (κ3) is 4.83. The normalized spacial score (nSPS) is 24.9. The van der Waals surface area contributed by atoms with Crippen molar-refractivity contribution < 1.29 is 22.7 Å². The molecule has 2 saturated heterocycles. The first-order valence-corrected chi connectivity index (χ1v) is 11.0. The highest BCUT2D eigenvalue weighted by molar-refractivity contribution is 7.86. The molecule has 2 fully saturated rings. The van der Waals surface area contributed by atoms with Gasteiger partial charge in [-0.25, -0.2) is 0 Å². The van der Waals surface area contributed by atoms with E-state index in [-0.39, 0.29) is 24.5 Å². The molecule has 0 N–H and O–H groups in total. The summed E-state index contributed by atoms with van der Waals surface area (Å²) in [5, 5.41) is 0. The molecule has 0 spiro atoms. The Hall–Kier alpha value is -1.68. The molecule has 3 rings (SSSR count). The molecular weight excluding hydrogens is 382 g/mol. The van der Waals surface area contributed by atoms with E-state index in [1.165, 1.54) is 8.61 Å². The molecule has 0 bridgehead atoms. The van der Waals surface area contributed by atoms with E-state index in [4.69, 9.17) is 9.47 Å². The lowest BCUT2D eigenvalue weighted by Gasteiger charge is -2.40. The molecule has 1 amide bonds. The minimum Gasteiger partial charge on any atom is -0.497 e. The van der Waals surface area contributed by atoms with Gasteiger partial charge >= 0.3 is 0 Å². The van der Waals surface area contributed by atoms with Crippen LogP contribution < -0.4 is 4.74 Å². The standard InChI is InChI=1S/C19H29N3O5S/c1-15-13-22(14-16(2)27-15)28(24,25)21-9-7-20(8-10-21)19(23)12-17-5-4-6-18(11-17)26-3/h4-6,11,15-16H,7-10,12-14H2,1-3H3/t15-,16-/m1/s1. The molecule has 0 aliphatic carbocycles. The number of amides is 1. The Morgan fingerprint density at radius 2 is 1.75 bits per heavy atom. The summed E-state index contributed by atoms with van der Waals surface area (Å²) in [6.45, 7) is 5.91. The molecule has 156 valence electrons. The van der Waals surface area contributed by atoms with Crippen LogP contribution in [0.2, 0.25) is 0 Å². The molecule has 8 nitrogen and oxygen atoms in total. The van der Waals surface area contributed by atoms with E-state index in [1.54, 1.807) is 12.0 Å². The summed E-state index contributed by atoms with van der Waals surface area (Å²) >= 11 is 0. The Bertz CT molecular complexity index is 783. The highest BCUT2D eigenvalue weighted by atomic mass is 32.2. The Balaban J connectivity index is 1.56. The van der Waals surface area contributed by atoms with Gasteiger partial charge in [0.25, 0.3) is 10.2 Å². The summed E-state index contributed by atoms with van der Waals surface area (Å²) in [5.74, 6) is 0.717. The van der Waals surface area contributed by atoms with Crippen molar-refractivity contribution in [1.82, 2.24) is 13.5 Å². The SMILES string of the molecule is COc1cccc(CC(=O)N2CCN(S(=O)(=O)N3C[C@@H](C)O[C@H](C)C3)CC2)c1. The maximum absolute atomic E-state index is 12.9. The van der Waals surface area contributed by atoms with Crippen LogP contribution in [-0.2, 0) is 26.2 Å². The molecular formula is C19H29N3O5S. The fraction of sp³-hybridized carbons (Fsp3) is 0.632. The van der Waals surface area contributed by atoms with Crippen molar-refractivity contribution in [3.63, 3.8) is 0 Å². The molecule has 9 heteroatoms. The lowest BCUT2D eigenvalue weighted by molar-refractivity contribution is -0.131. The van der Waals surface area contributed by atoms with Crippen LogP contribution >= 0.6 is 0 Å². The van der Waals surface area contributed by atoms with Gasteiger partial charge in [-0.05, 0) is 31.5 Å². The van der Waals surface area contributed by atoms with Crippen molar-refractivity contribution in [2.24, 2.45) is 0 Å². The number of carbonyl (C=O) groups is 1. The molecule has 0 radical (unpaired) electrons. The van der Waals surface area contributed by atoms with Crippen LogP contribution in [0.3, 0.4) is 0 Å². The highest BCUT2D eigenvalue weighted by Gasteiger charge is 2.37. The van der Waals surface area contributed by atoms with Gasteiger partial charge in [-0.15, -0.1) is 0 Å². The summed E-state index contributed by atoms with van der Waals surface area (Å²) < 4.78 is 39.7. The summed E-state index contributed by atoms with van der Waals surface area (Å²) in [7, 11) is -1.94. The first-order valence-electron chi connectivity index (χ1n) is 9.61. The van der Waals surface area contributed by atoms with Crippen LogP contribution in [-0.4, -0.2) is 86.4 Å². The van der Waals surface area contributed by atoms with Gasteiger partial charge in [-0.3, -0.25) is 4.79 Å². The maximum atomic E-state index is 12.9. The van der Waals surface area contributed by atoms with Crippen molar-refractivity contribution in [3.05, 3.63) is 29.8 Å². The van der Waals surface area contributed by atoms with Gasteiger partial charge in [0.1, 0.15) is 5.75 Å². The number of benzene rings is 1. The Morgan fingerprint density at radius 1 is 1.11 bits per heavy atom. The van der Waals surface area contributed by atoms with Gasteiger partial charge in [0.05, 0.1) is 25.7 Å². The number of morpholine rings is 1. The lowest BCUT2D eigenvalue weighted by Crippen LogP contribution is -2.57. The number of ether oxygens (including phenoxy) is 2. The zero-order valence-electron chi connectivity index (χ0n) is 16.7.